The maximum absolute atomic E-state index is 13.8. The zero-order valence-electron chi connectivity index (χ0n) is 21.3. The van der Waals surface area contributed by atoms with Crippen molar-refractivity contribution in [2.45, 2.75) is 83.0 Å². The molecular formula is C24H38F2N6O4. The number of hydrogen-bond acceptors (Lipinski definition) is 7. The first-order chi connectivity index (χ1) is 17.1. The summed E-state index contributed by atoms with van der Waals surface area (Å²) in [6, 6.07) is -2.56. The topological polar surface area (TPSA) is 113 Å². The summed E-state index contributed by atoms with van der Waals surface area (Å²) in [6.45, 7) is 7.53. The number of carbonyl (C=O) groups is 2. The lowest BCUT2D eigenvalue weighted by Crippen LogP contribution is -2.51. The molecule has 1 saturated carbocycles. The summed E-state index contributed by atoms with van der Waals surface area (Å²) in [5, 5.41) is 21.5. The van der Waals surface area contributed by atoms with Crippen molar-refractivity contribution in [1.29, 1.82) is 0 Å². The van der Waals surface area contributed by atoms with Crippen molar-refractivity contribution >= 4 is 11.8 Å². The Bertz CT molecular complexity index is 913. The molecule has 2 saturated heterocycles. The molecule has 3 fully saturated rings. The Kier molecular flexibility index (Phi) is 8.25. The van der Waals surface area contributed by atoms with Gasteiger partial charge in [0.15, 0.2) is 0 Å². The largest absolute Gasteiger partial charge is 0.391 e. The van der Waals surface area contributed by atoms with Gasteiger partial charge in [-0.05, 0) is 24.7 Å². The summed E-state index contributed by atoms with van der Waals surface area (Å²) in [5.74, 6) is -0.374. The van der Waals surface area contributed by atoms with E-state index >= 15 is 0 Å². The molecule has 1 aliphatic carbocycles. The molecule has 0 spiro atoms. The van der Waals surface area contributed by atoms with E-state index in [0.29, 0.717) is 32.2 Å². The summed E-state index contributed by atoms with van der Waals surface area (Å²) in [6.07, 6.45) is 0.730. The molecular weight excluding hydrogens is 474 g/mol. The number of β-amino-alcohol motifs (C(OH)–C–C–N with tert-alkyl or cyclic N) is 1. The summed E-state index contributed by atoms with van der Waals surface area (Å²) in [4.78, 5) is 29.9. The predicted octanol–water partition coefficient (Wildman–Crippen LogP) is 1.18. The second-order valence-electron chi connectivity index (χ2n) is 11.2. The van der Waals surface area contributed by atoms with Gasteiger partial charge in [0.25, 0.3) is 6.43 Å². The molecule has 1 aromatic rings. The number of nitrogens with one attached hydrogen (secondary N) is 1. The molecule has 4 atom stereocenters. The molecule has 2 amide bonds. The average molecular weight is 513 g/mol. The number of alkyl halides is 2. The third-order valence-corrected chi connectivity index (χ3v) is 7.25. The quantitative estimate of drug-likeness (QED) is 0.511. The van der Waals surface area contributed by atoms with Crippen molar-refractivity contribution in [3.8, 4) is 0 Å². The Morgan fingerprint density at radius 2 is 1.94 bits per heavy atom. The van der Waals surface area contributed by atoms with Crippen molar-refractivity contribution in [3.63, 3.8) is 0 Å². The van der Waals surface area contributed by atoms with E-state index in [9.17, 15) is 23.5 Å². The molecule has 2 aliphatic heterocycles. The molecule has 0 bridgehead atoms. The maximum atomic E-state index is 13.8. The summed E-state index contributed by atoms with van der Waals surface area (Å²) in [7, 11) is 0. The zero-order chi connectivity index (χ0) is 26.0. The van der Waals surface area contributed by atoms with Crippen LogP contribution in [0.4, 0.5) is 8.78 Å². The van der Waals surface area contributed by atoms with Crippen LogP contribution in [-0.2, 0) is 14.3 Å². The SMILES string of the molecule is CC(C)(C)[C@@H](C(=O)N1C[C@H](O)C[C@H]1C(=O)NCCC(C(F)F)N1CCOCC1)n1cc(C2CC2)nn1. The van der Waals surface area contributed by atoms with E-state index in [-0.39, 0.29) is 31.8 Å². The number of carbonyl (C=O) groups excluding carboxylic acids is 2. The zero-order valence-corrected chi connectivity index (χ0v) is 21.3. The highest BCUT2D eigenvalue weighted by molar-refractivity contribution is 5.90. The Labute approximate surface area is 210 Å². The number of aliphatic hydroxyl groups excluding tert-OH is 1. The summed E-state index contributed by atoms with van der Waals surface area (Å²) >= 11 is 0. The summed E-state index contributed by atoms with van der Waals surface area (Å²) in [5.41, 5.74) is 0.338. The van der Waals surface area contributed by atoms with E-state index in [1.165, 1.54) is 4.90 Å². The Balaban J connectivity index is 1.41. The second kappa shape index (κ2) is 11.1. The maximum Gasteiger partial charge on any atom is 0.253 e. The highest BCUT2D eigenvalue weighted by Crippen LogP contribution is 2.40. The minimum absolute atomic E-state index is 0.0289. The lowest BCUT2D eigenvalue weighted by molar-refractivity contribution is -0.144. The molecule has 3 aliphatic rings. The van der Waals surface area contributed by atoms with Crippen LogP contribution in [0.15, 0.2) is 6.20 Å². The van der Waals surface area contributed by atoms with Crippen LogP contribution in [0.1, 0.15) is 64.1 Å². The van der Waals surface area contributed by atoms with Crippen LogP contribution >= 0.6 is 0 Å². The molecule has 0 radical (unpaired) electrons. The van der Waals surface area contributed by atoms with Gasteiger partial charge in [-0.2, -0.15) is 0 Å². The van der Waals surface area contributed by atoms with Gasteiger partial charge in [-0.3, -0.25) is 14.5 Å². The Morgan fingerprint density at radius 1 is 1.25 bits per heavy atom. The average Bonchev–Trinajstić information content (AvgIpc) is 3.43. The highest BCUT2D eigenvalue weighted by atomic mass is 19.3. The van der Waals surface area contributed by atoms with E-state index in [4.69, 9.17) is 4.74 Å². The lowest BCUT2D eigenvalue weighted by Gasteiger charge is -2.35. The number of morpholine rings is 1. The van der Waals surface area contributed by atoms with Gasteiger partial charge in [0, 0.05) is 44.7 Å². The molecule has 12 heteroatoms. The normalized spacial score (nSPS) is 25.2. The van der Waals surface area contributed by atoms with E-state index in [2.05, 4.69) is 15.6 Å². The monoisotopic (exact) mass is 512 g/mol. The number of likely N-dealkylation sites (tertiary alicyclic amines) is 1. The van der Waals surface area contributed by atoms with Crippen LogP contribution in [0.3, 0.4) is 0 Å². The predicted molar refractivity (Wildman–Crippen MR) is 126 cm³/mol. The number of rotatable bonds is 9. The van der Waals surface area contributed by atoms with Gasteiger partial charge >= 0.3 is 0 Å². The number of aromatic nitrogens is 3. The number of amides is 2. The number of halogens is 2. The van der Waals surface area contributed by atoms with Crippen LogP contribution in [-0.4, -0.2) is 106 Å². The molecule has 36 heavy (non-hydrogen) atoms. The lowest BCUT2D eigenvalue weighted by atomic mass is 9.85. The van der Waals surface area contributed by atoms with Crippen LogP contribution in [0, 0.1) is 5.41 Å². The molecule has 4 rings (SSSR count). The molecule has 0 aromatic carbocycles. The van der Waals surface area contributed by atoms with Gasteiger partial charge in [-0.1, -0.05) is 26.0 Å². The molecule has 1 unspecified atom stereocenters. The minimum atomic E-state index is -2.54. The Hall–Kier alpha value is -2.18. The fraction of sp³-hybridized carbons (Fsp3) is 0.833. The van der Waals surface area contributed by atoms with Gasteiger partial charge in [0.05, 0.1) is 31.1 Å². The van der Waals surface area contributed by atoms with Gasteiger partial charge in [0.2, 0.25) is 11.8 Å². The van der Waals surface area contributed by atoms with Crippen molar-refractivity contribution < 1.29 is 28.2 Å². The summed E-state index contributed by atoms with van der Waals surface area (Å²) < 4.78 is 34.1. The number of aliphatic hydroxyl groups is 1. The first-order valence-corrected chi connectivity index (χ1v) is 12.8. The van der Waals surface area contributed by atoms with Crippen molar-refractivity contribution in [2.24, 2.45) is 5.41 Å². The van der Waals surface area contributed by atoms with Crippen molar-refractivity contribution in [1.82, 2.24) is 30.1 Å². The minimum Gasteiger partial charge on any atom is -0.391 e. The van der Waals surface area contributed by atoms with Crippen LogP contribution in [0.5, 0.6) is 0 Å². The third kappa shape index (κ3) is 6.20. The van der Waals surface area contributed by atoms with Gasteiger partial charge in [-0.25, -0.2) is 13.5 Å². The van der Waals surface area contributed by atoms with E-state index < -0.39 is 42.0 Å². The van der Waals surface area contributed by atoms with Crippen molar-refractivity contribution in [3.05, 3.63) is 11.9 Å². The number of hydrogen-bond donors (Lipinski definition) is 2. The fourth-order valence-corrected chi connectivity index (χ4v) is 5.16. The Morgan fingerprint density at radius 3 is 2.56 bits per heavy atom. The first-order valence-electron chi connectivity index (χ1n) is 12.8. The number of ether oxygens (including phenoxy) is 1. The molecule has 202 valence electrons. The standard InChI is InChI=1S/C24H38F2N6O4/c1-24(2,3)20(32-14-17(28-29-32)15-4-5-15)23(35)31-13-16(33)12-19(31)22(34)27-7-6-18(21(25)26)30-8-10-36-11-9-30/h14-16,18-21,33H,4-13H2,1-3H3,(H,27,34)/t16-,18?,19+,20-/m1/s1. The molecule has 2 N–H and O–H groups in total. The van der Waals surface area contributed by atoms with Crippen LogP contribution in [0.2, 0.25) is 0 Å². The molecule has 3 heterocycles. The number of nitrogens with zero attached hydrogens (tertiary/aromatic N) is 5. The second-order valence-corrected chi connectivity index (χ2v) is 11.2. The fourth-order valence-electron chi connectivity index (χ4n) is 5.16. The van der Waals surface area contributed by atoms with Gasteiger partial charge < -0.3 is 20.1 Å². The molecule has 1 aromatic heterocycles. The van der Waals surface area contributed by atoms with Gasteiger partial charge in [-0.15, -0.1) is 5.10 Å². The molecule has 10 nitrogen and oxygen atoms in total. The van der Waals surface area contributed by atoms with E-state index in [1.54, 1.807) is 9.58 Å². The first kappa shape index (κ1) is 26.9. The third-order valence-electron chi connectivity index (χ3n) is 7.25. The van der Waals surface area contributed by atoms with Gasteiger partial charge in [0.1, 0.15) is 12.1 Å². The van der Waals surface area contributed by atoms with Crippen LogP contribution in [0.25, 0.3) is 0 Å². The van der Waals surface area contributed by atoms with Crippen molar-refractivity contribution in [2.75, 3.05) is 39.4 Å². The van der Waals surface area contributed by atoms with E-state index in [0.717, 1.165) is 18.5 Å². The highest BCUT2D eigenvalue weighted by Gasteiger charge is 2.45. The van der Waals surface area contributed by atoms with E-state index in [1.807, 2.05) is 27.0 Å². The van der Waals surface area contributed by atoms with Crippen LogP contribution < -0.4 is 5.32 Å². The smallest absolute Gasteiger partial charge is 0.253 e.